The highest BCUT2D eigenvalue weighted by molar-refractivity contribution is 5.52. The van der Waals surface area contributed by atoms with E-state index >= 15 is 0 Å². The lowest BCUT2D eigenvalue weighted by atomic mass is 9.87. The molecule has 0 bridgehead atoms. The molecule has 1 aliphatic rings. The number of ether oxygens (including phenoxy) is 1. The molecule has 1 unspecified atom stereocenters. The lowest BCUT2D eigenvalue weighted by Gasteiger charge is -2.25. The van der Waals surface area contributed by atoms with Gasteiger partial charge in [-0.2, -0.15) is 18.4 Å². The van der Waals surface area contributed by atoms with Gasteiger partial charge in [0.2, 0.25) is 17.1 Å². The molecular weight excluding hydrogens is 353 g/mol. The maximum Gasteiger partial charge on any atom is 0.416 e. The number of nitrogens with zero attached hydrogens (tertiary/aromatic N) is 1. The first-order valence-electron chi connectivity index (χ1n) is 7.28. The van der Waals surface area contributed by atoms with Gasteiger partial charge in [0.05, 0.1) is 11.5 Å². The molecule has 1 aromatic carbocycles. The number of fused-ring (bicyclic) bond motifs is 1. The van der Waals surface area contributed by atoms with Crippen molar-refractivity contribution < 1.29 is 27.4 Å². The Morgan fingerprint density at radius 3 is 2.46 bits per heavy atom. The third-order valence-corrected chi connectivity index (χ3v) is 3.86. The monoisotopic (exact) mass is 364 g/mol. The molecule has 1 aliphatic heterocycles. The third-order valence-electron chi connectivity index (χ3n) is 3.86. The van der Waals surface area contributed by atoms with Crippen LogP contribution in [0.15, 0.2) is 51.0 Å². The Labute approximate surface area is 144 Å². The van der Waals surface area contributed by atoms with Gasteiger partial charge in [0.25, 0.3) is 0 Å². The summed E-state index contributed by atoms with van der Waals surface area (Å²) >= 11 is 0. The van der Waals surface area contributed by atoms with Crippen LogP contribution in [0.5, 0.6) is 5.75 Å². The fraction of sp³-hybridized carbons (Fsp3) is 0.176. The fourth-order valence-corrected chi connectivity index (χ4v) is 2.66. The van der Waals surface area contributed by atoms with Crippen molar-refractivity contribution in [3.8, 4) is 11.8 Å². The van der Waals surface area contributed by atoms with Crippen LogP contribution in [0, 0.1) is 11.3 Å². The molecule has 1 atom stereocenters. The summed E-state index contributed by atoms with van der Waals surface area (Å²) < 4.78 is 48.9. The van der Waals surface area contributed by atoms with Crippen LogP contribution in [0.1, 0.15) is 28.6 Å². The van der Waals surface area contributed by atoms with E-state index in [1.54, 1.807) is 0 Å². The van der Waals surface area contributed by atoms with Gasteiger partial charge in [-0.05, 0) is 17.7 Å². The molecule has 2 heterocycles. The number of nitrogens with two attached hydrogens (primary N) is 1. The molecule has 0 radical (unpaired) electrons. The van der Waals surface area contributed by atoms with Crippen molar-refractivity contribution in [2.75, 3.05) is 0 Å². The smallest absolute Gasteiger partial charge is 0.416 e. The average molecular weight is 364 g/mol. The molecule has 0 amide bonds. The van der Waals surface area contributed by atoms with Crippen LogP contribution in [-0.4, -0.2) is 5.11 Å². The largest absolute Gasteiger partial charge is 0.458 e. The summed E-state index contributed by atoms with van der Waals surface area (Å²) in [5, 5.41) is 18.6. The van der Waals surface area contributed by atoms with Crippen LogP contribution in [0.2, 0.25) is 0 Å². The number of allylic oxidation sites excluding steroid dienone is 1. The standard InChI is InChI=1S/C17H11F3N2O4/c18-17(19,20)9-3-1-8(2-4-9)13-11(6-21)16(22)26-14-12(24)5-10(7-23)25-15(13)14/h1-5,13,23H,7,22H2. The minimum absolute atomic E-state index is 0.0768. The molecule has 6 nitrogen and oxygen atoms in total. The van der Waals surface area contributed by atoms with Crippen LogP contribution >= 0.6 is 0 Å². The quantitative estimate of drug-likeness (QED) is 0.847. The number of halogens is 3. The summed E-state index contributed by atoms with van der Waals surface area (Å²) in [6, 6.07) is 6.87. The molecule has 1 aromatic heterocycles. The van der Waals surface area contributed by atoms with Crippen molar-refractivity contribution in [2.45, 2.75) is 18.7 Å². The van der Waals surface area contributed by atoms with Crippen LogP contribution in [0.3, 0.4) is 0 Å². The maximum atomic E-state index is 12.8. The molecule has 0 saturated carbocycles. The highest BCUT2D eigenvalue weighted by Gasteiger charge is 2.36. The number of aliphatic hydroxyl groups is 1. The first-order valence-corrected chi connectivity index (χ1v) is 7.28. The minimum atomic E-state index is -4.52. The zero-order chi connectivity index (χ0) is 19.1. The highest BCUT2D eigenvalue weighted by atomic mass is 19.4. The van der Waals surface area contributed by atoms with Crippen molar-refractivity contribution in [3.05, 3.63) is 74.7 Å². The summed E-state index contributed by atoms with van der Waals surface area (Å²) in [6.45, 7) is -0.580. The average Bonchev–Trinajstić information content (AvgIpc) is 2.60. The minimum Gasteiger partial charge on any atom is -0.458 e. The number of rotatable bonds is 2. The predicted octanol–water partition coefficient (Wildman–Crippen LogP) is 2.37. The number of aliphatic hydroxyl groups excluding tert-OH is 1. The van der Waals surface area contributed by atoms with Crippen molar-refractivity contribution >= 4 is 0 Å². The van der Waals surface area contributed by atoms with Crippen molar-refractivity contribution in [3.63, 3.8) is 0 Å². The molecular formula is C17H11F3N2O4. The molecule has 3 rings (SSSR count). The first-order chi connectivity index (χ1) is 12.3. The highest BCUT2D eigenvalue weighted by Crippen LogP contribution is 2.41. The van der Waals surface area contributed by atoms with Gasteiger partial charge < -0.3 is 20.0 Å². The van der Waals surface area contributed by atoms with E-state index in [-0.39, 0.29) is 34.3 Å². The second kappa shape index (κ2) is 6.24. The summed E-state index contributed by atoms with van der Waals surface area (Å²) in [4.78, 5) is 12.1. The topological polar surface area (TPSA) is 109 Å². The van der Waals surface area contributed by atoms with E-state index in [9.17, 15) is 28.3 Å². The van der Waals surface area contributed by atoms with E-state index in [2.05, 4.69) is 0 Å². The molecule has 3 N–H and O–H groups in total. The Morgan fingerprint density at radius 1 is 1.27 bits per heavy atom. The van der Waals surface area contributed by atoms with Gasteiger partial charge in [-0.1, -0.05) is 12.1 Å². The summed E-state index contributed by atoms with van der Waals surface area (Å²) in [7, 11) is 0. The van der Waals surface area contributed by atoms with E-state index in [0.717, 1.165) is 18.2 Å². The van der Waals surface area contributed by atoms with Gasteiger partial charge in [-0.15, -0.1) is 0 Å². The van der Waals surface area contributed by atoms with Gasteiger partial charge in [0, 0.05) is 6.07 Å². The van der Waals surface area contributed by atoms with Gasteiger partial charge in [-0.25, -0.2) is 0 Å². The molecule has 0 spiro atoms. The number of alkyl halides is 3. The van der Waals surface area contributed by atoms with Crippen LogP contribution in [-0.2, 0) is 12.8 Å². The van der Waals surface area contributed by atoms with Crippen LogP contribution in [0.25, 0.3) is 0 Å². The second-order valence-corrected chi connectivity index (χ2v) is 5.47. The molecule has 2 aromatic rings. The summed E-state index contributed by atoms with van der Waals surface area (Å²) in [6.07, 6.45) is -4.52. The predicted molar refractivity (Wildman–Crippen MR) is 81.6 cm³/mol. The summed E-state index contributed by atoms with van der Waals surface area (Å²) in [5.74, 6) is -1.83. The number of hydrogen-bond donors (Lipinski definition) is 2. The number of hydrogen-bond acceptors (Lipinski definition) is 6. The number of benzene rings is 1. The van der Waals surface area contributed by atoms with Gasteiger partial charge >= 0.3 is 6.18 Å². The number of nitriles is 1. The SMILES string of the molecule is N#CC1=C(N)Oc2c(oc(CO)cc2=O)C1c1ccc(C(F)(F)F)cc1. The molecule has 0 saturated heterocycles. The van der Waals surface area contributed by atoms with Crippen LogP contribution in [0.4, 0.5) is 13.2 Å². The van der Waals surface area contributed by atoms with E-state index in [1.807, 2.05) is 6.07 Å². The molecule has 0 fully saturated rings. The first kappa shape index (κ1) is 17.6. The van der Waals surface area contributed by atoms with Gasteiger partial charge in [0.15, 0.2) is 5.76 Å². The molecule has 9 heteroatoms. The van der Waals surface area contributed by atoms with E-state index < -0.39 is 29.7 Å². The van der Waals surface area contributed by atoms with Gasteiger partial charge in [0.1, 0.15) is 24.0 Å². The third kappa shape index (κ3) is 2.91. The summed E-state index contributed by atoms with van der Waals surface area (Å²) in [5.41, 5.74) is 4.33. The second-order valence-electron chi connectivity index (χ2n) is 5.47. The van der Waals surface area contributed by atoms with Gasteiger partial charge in [-0.3, -0.25) is 4.79 Å². The Morgan fingerprint density at radius 2 is 1.92 bits per heavy atom. The van der Waals surface area contributed by atoms with Crippen molar-refractivity contribution in [1.82, 2.24) is 0 Å². The lowest BCUT2D eigenvalue weighted by molar-refractivity contribution is -0.137. The Bertz CT molecular complexity index is 985. The van der Waals surface area contributed by atoms with E-state index in [0.29, 0.717) is 0 Å². The van der Waals surface area contributed by atoms with Crippen molar-refractivity contribution in [1.29, 1.82) is 5.26 Å². The Balaban J connectivity index is 2.21. The lowest BCUT2D eigenvalue weighted by Crippen LogP contribution is -2.25. The molecule has 26 heavy (non-hydrogen) atoms. The molecule has 0 aliphatic carbocycles. The van der Waals surface area contributed by atoms with E-state index in [4.69, 9.17) is 14.9 Å². The zero-order valence-corrected chi connectivity index (χ0v) is 13.0. The van der Waals surface area contributed by atoms with Crippen molar-refractivity contribution in [2.24, 2.45) is 5.73 Å². The maximum absolute atomic E-state index is 12.8. The zero-order valence-electron chi connectivity index (χ0n) is 13.0. The molecule has 134 valence electrons. The van der Waals surface area contributed by atoms with Crippen LogP contribution < -0.4 is 15.9 Å². The Kier molecular flexibility index (Phi) is 4.21. The fourth-order valence-electron chi connectivity index (χ4n) is 2.66. The normalized spacial score (nSPS) is 16.7. The Hall–Kier alpha value is -3.25. The van der Waals surface area contributed by atoms with E-state index in [1.165, 1.54) is 12.1 Å².